The van der Waals surface area contributed by atoms with Crippen molar-refractivity contribution in [2.45, 2.75) is 25.2 Å². The summed E-state index contributed by atoms with van der Waals surface area (Å²) >= 11 is 0. The summed E-state index contributed by atoms with van der Waals surface area (Å²) in [4.78, 5) is 15.4. The molecular weight excluding hydrogens is 299 g/mol. The Morgan fingerprint density at radius 1 is 1.50 bits per heavy atom. The van der Waals surface area contributed by atoms with Crippen LogP contribution in [0.2, 0.25) is 0 Å². The van der Waals surface area contributed by atoms with E-state index < -0.39 is 24.7 Å². The van der Waals surface area contributed by atoms with Crippen LogP contribution in [0, 0.1) is 0 Å². The van der Waals surface area contributed by atoms with Crippen molar-refractivity contribution in [1.82, 2.24) is 10.3 Å². The average molecular weight is 312 g/mol. The van der Waals surface area contributed by atoms with E-state index in [0.29, 0.717) is 0 Å². The molecule has 1 saturated heterocycles. The summed E-state index contributed by atoms with van der Waals surface area (Å²) in [5.74, 6) is -0.676. The zero-order valence-corrected chi connectivity index (χ0v) is 11.0. The van der Waals surface area contributed by atoms with Gasteiger partial charge in [-0.05, 0) is 6.07 Å². The Kier molecular flexibility index (Phi) is 6.03. The van der Waals surface area contributed by atoms with Gasteiger partial charge in [0.15, 0.2) is 0 Å². The molecule has 0 radical (unpaired) electrons. The van der Waals surface area contributed by atoms with Crippen LogP contribution in [-0.2, 0) is 4.79 Å². The quantitative estimate of drug-likeness (QED) is 0.889. The minimum atomic E-state index is -2.98. The molecule has 1 amide bonds. The topological polar surface area (TPSA) is 63.2 Å². The number of halogens is 4. The lowest BCUT2D eigenvalue weighted by Crippen LogP contribution is -2.35. The van der Waals surface area contributed by atoms with E-state index >= 15 is 0 Å². The smallest absolute Gasteiger partial charge is 0.388 e. The van der Waals surface area contributed by atoms with Gasteiger partial charge in [-0.2, -0.15) is 13.8 Å². The van der Waals surface area contributed by atoms with Crippen LogP contribution in [0.15, 0.2) is 18.2 Å². The van der Waals surface area contributed by atoms with Crippen molar-refractivity contribution in [3.05, 3.63) is 18.2 Å². The fourth-order valence-corrected chi connectivity index (χ4v) is 1.75. The van der Waals surface area contributed by atoms with Gasteiger partial charge in [-0.3, -0.25) is 4.79 Å². The second-order valence-corrected chi connectivity index (χ2v) is 4.02. The van der Waals surface area contributed by atoms with E-state index in [4.69, 9.17) is 0 Å². The fourth-order valence-electron chi connectivity index (χ4n) is 1.75. The monoisotopic (exact) mass is 311 g/mol. The first-order valence-corrected chi connectivity index (χ1v) is 5.65. The molecule has 0 saturated carbocycles. The van der Waals surface area contributed by atoms with Gasteiger partial charge in [-0.25, -0.2) is 4.39 Å². The molecule has 2 rings (SSSR count). The predicted molar refractivity (Wildman–Crippen MR) is 68.1 cm³/mol. The molecule has 1 aliphatic heterocycles. The summed E-state index contributed by atoms with van der Waals surface area (Å²) < 4.78 is 41.0. The molecule has 2 heterocycles. The van der Waals surface area contributed by atoms with Crippen molar-refractivity contribution in [2.75, 3.05) is 11.9 Å². The molecule has 0 aliphatic carbocycles. The highest BCUT2D eigenvalue weighted by Crippen LogP contribution is 2.16. The van der Waals surface area contributed by atoms with E-state index in [1.54, 1.807) is 0 Å². The van der Waals surface area contributed by atoms with Crippen molar-refractivity contribution in [2.24, 2.45) is 0 Å². The number of carbonyl (C=O) groups excluding carboxylic acids is 1. The lowest BCUT2D eigenvalue weighted by molar-refractivity contribution is -0.117. The number of carbonyl (C=O) groups is 1. The van der Waals surface area contributed by atoms with Gasteiger partial charge in [0.05, 0.1) is 6.04 Å². The lowest BCUT2D eigenvalue weighted by Gasteiger charge is -2.11. The predicted octanol–water partition coefficient (Wildman–Crippen LogP) is 1.74. The zero-order valence-electron chi connectivity index (χ0n) is 10.2. The first-order chi connectivity index (χ1) is 9.04. The van der Waals surface area contributed by atoms with E-state index in [9.17, 15) is 18.0 Å². The number of hydrogen-bond donors (Lipinski definition) is 2. The molecule has 2 N–H and O–H groups in total. The lowest BCUT2D eigenvalue weighted by atomic mass is 10.2. The minimum absolute atomic E-state index is 0. The van der Waals surface area contributed by atoms with Crippen LogP contribution in [0.1, 0.15) is 6.42 Å². The van der Waals surface area contributed by atoms with Gasteiger partial charge in [-0.1, -0.05) is 6.07 Å². The molecule has 1 aromatic heterocycles. The summed E-state index contributed by atoms with van der Waals surface area (Å²) in [5, 5.41) is 5.12. The molecule has 0 bridgehead atoms. The number of ether oxygens (including phenoxy) is 1. The highest BCUT2D eigenvalue weighted by atomic mass is 35.5. The first kappa shape index (κ1) is 16.5. The van der Waals surface area contributed by atoms with Crippen molar-refractivity contribution in [3.63, 3.8) is 0 Å². The number of anilines is 1. The largest absolute Gasteiger partial charge is 0.417 e. The Morgan fingerprint density at radius 2 is 2.25 bits per heavy atom. The maximum Gasteiger partial charge on any atom is 0.388 e. The van der Waals surface area contributed by atoms with Crippen LogP contribution in [-0.4, -0.2) is 36.3 Å². The van der Waals surface area contributed by atoms with Gasteiger partial charge in [0, 0.05) is 19.0 Å². The Bertz CT molecular complexity index is 464. The number of pyridine rings is 1. The molecule has 1 aliphatic rings. The average Bonchev–Trinajstić information content (AvgIpc) is 2.75. The number of nitrogens with zero attached hydrogens (tertiary/aromatic N) is 1. The number of hydrogen-bond acceptors (Lipinski definition) is 4. The fraction of sp³-hybridized carbons (Fsp3) is 0.455. The zero-order chi connectivity index (χ0) is 13.8. The van der Waals surface area contributed by atoms with Crippen molar-refractivity contribution < 1.29 is 22.7 Å². The van der Waals surface area contributed by atoms with Gasteiger partial charge >= 0.3 is 6.61 Å². The Labute approximate surface area is 119 Å². The second-order valence-electron chi connectivity index (χ2n) is 4.02. The molecule has 9 heteroatoms. The summed E-state index contributed by atoms with van der Waals surface area (Å²) in [7, 11) is 0. The van der Waals surface area contributed by atoms with Crippen molar-refractivity contribution in [3.8, 4) is 5.88 Å². The van der Waals surface area contributed by atoms with Crippen LogP contribution in [0.4, 0.5) is 19.0 Å². The molecule has 1 fully saturated rings. The van der Waals surface area contributed by atoms with Crippen LogP contribution in [0.25, 0.3) is 0 Å². The van der Waals surface area contributed by atoms with Gasteiger partial charge in [-0.15, -0.1) is 12.4 Å². The van der Waals surface area contributed by atoms with Crippen molar-refractivity contribution >= 4 is 24.1 Å². The molecule has 2 unspecified atom stereocenters. The standard InChI is InChI=1S/C11H12F3N3O2.ClH/c12-6-4-7(15-5-6)10(18)17-8-2-1-3-9(16-8)19-11(13)14;/h1-3,6-7,11,15H,4-5H2,(H,16,17,18);1H. The highest BCUT2D eigenvalue weighted by Gasteiger charge is 2.29. The number of alkyl halides is 3. The molecule has 112 valence electrons. The van der Waals surface area contributed by atoms with Crippen LogP contribution in [0.5, 0.6) is 5.88 Å². The van der Waals surface area contributed by atoms with E-state index in [0.717, 1.165) is 0 Å². The minimum Gasteiger partial charge on any atom is -0.417 e. The van der Waals surface area contributed by atoms with E-state index in [-0.39, 0.29) is 37.1 Å². The third-order valence-corrected chi connectivity index (χ3v) is 2.58. The maximum atomic E-state index is 12.9. The molecule has 20 heavy (non-hydrogen) atoms. The number of rotatable bonds is 4. The number of nitrogens with one attached hydrogen (secondary N) is 2. The Hall–Kier alpha value is -1.54. The summed E-state index contributed by atoms with van der Waals surface area (Å²) in [6, 6.07) is 3.45. The molecule has 2 atom stereocenters. The normalized spacial score (nSPS) is 21.4. The maximum absolute atomic E-state index is 12.9. The number of amides is 1. The molecule has 5 nitrogen and oxygen atoms in total. The Balaban J connectivity index is 0.00000200. The van der Waals surface area contributed by atoms with Gasteiger partial charge in [0.1, 0.15) is 12.0 Å². The third kappa shape index (κ3) is 4.53. The molecule has 0 spiro atoms. The van der Waals surface area contributed by atoms with Gasteiger partial charge in [0.25, 0.3) is 0 Å². The highest BCUT2D eigenvalue weighted by molar-refractivity contribution is 5.94. The molecule has 1 aromatic rings. The van der Waals surface area contributed by atoms with Gasteiger partial charge in [0.2, 0.25) is 11.8 Å². The summed E-state index contributed by atoms with van der Waals surface area (Å²) in [6.45, 7) is -2.86. The van der Waals surface area contributed by atoms with Crippen LogP contribution in [0.3, 0.4) is 0 Å². The van der Waals surface area contributed by atoms with Crippen LogP contribution >= 0.6 is 12.4 Å². The summed E-state index contributed by atoms with van der Waals surface area (Å²) in [5.41, 5.74) is 0. The van der Waals surface area contributed by atoms with E-state index in [2.05, 4.69) is 20.4 Å². The second kappa shape index (κ2) is 7.30. The molecular formula is C11H13ClF3N3O2. The van der Waals surface area contributed by atoms with E-state index in [1.807, 2.05) is 0 Å². The molecule has 0 aromatic carbocycles. The summed E-state index contributed by atoms with van der Waals surface area (Å²) in [6.07, 6.45) is -0.976. The van der Waals surface area contributed by atoms with Crippen LogP contribution < -0.4 is 15.4 Å². The Morgan fingerprint density at radius 3 is 2.85 bits per heavy atom. The van der Waals surface area contributed by atoms with E-state index in [1.165, 1.54) is 18.2 Å². The van der Waals surface area contributed by atoms with Gasteiger partial charge < -0.3 is 15.4 Å². The third-order valence-electron chi connectivity index (χ3n) is 2.58. The SMILES string of the molecule is Cl.O=C(Nc1cccc(OC(F)F)n1)C1CC(F)CN1. The van der Waals surface area contributed by atoms with Crippen molar-refractivity contribution in [1.29, 1.82) is 0 Å². The first-order valence-electron chi connectivity index (χ1n) is 5.65. The number of aromatic nitrogens is 1.